The summed E-state index contributed by atoms with van der Waals surface area (Å²) >= 11 is 7.62. The fourth-order valence-electron chi connectivity index (χ4n) is 2.82. The maximum Gasteiger partial charge on any atom is 0.247 e. The molecule has 8 heteroatoms. The van der Waals surface area contributed by atoms with E-state index in [4.69, 9.17) is 11.6 Å². The van der Waals surface area contributed by atoms with Crippen molar-refractivity contribution in [2.45, 2.75) is 31.2 Å². The number of fused-ring (bicyclic) bond motifs is 1. The molecule has 0 unspecified atom stereocenters. The van der Waals surface area contributed by atoms with Crippen LogP contribution in [0.5, 0.6) is 0 Å². The molecule has 0 radical (unpaired) electrons. The zero-order chi connectivity index (χ0) is 16.6. The van der Waals surface area contributed by atoms with E-state index in [1.807, 2.05) is 23.1 Å². The number of amides is 1. The highest BCUT2D eigenvalue weighted by Crippen LogP contribution is 2.39. The summed E-state index contributed by atoms with van der Waals surface area (Å²) in [5.41, 5.74) is 0.899. The first-order chi connectivity index (χ1) is 10.9. The normalized spacial score (nSPS) is 27.4. The van der Waals surface area contributed by atoms with Gasteiger partial charge in [0.2, 0.25) is 5.91 Å². The number of rotatable bonds is 3. The number of nitrogens with zero attached hydrogens (tertiary/aromatic N) is 2. The quantitative estimate of drug-likeness (QED) is 0.814. The molecule has 2 atom stereocenters. The van der Waals surface area contributed by atoms with E-state index in [1.165, 1.54) is 11.8 Å². The fraction of sp³-hybridized carbons (Fsp3) is 0.467. The summed E-state index contributed by atoms with van der Waals surface area (Å²) in [5.74, 6) is 0.0503. The average Bonchev–Trinajstić information content (AvgIpc) is 2.94. The zero-order valence-electron chi connectivity index (χ0n) is 12.6. The van der Waals surface area contributed by atoms with Crippen molar-refractivity contribution in [1.29, 1.82) is 0 Å². The number of thioether (sulfide) groups is 1. The monoisotopic (exact) mass is 372 g/mol. The lowest BCUT2D eigenvalue weighted by Crippen LogP contribution is -2.37. The number of hydrogen-bond acceptors (Lipinski definition) is 4. The molecule has 0 aliphatic carbocycles. The Balaban J connectivity index is 1.92. The topological polar surface area (TPSA) is 66.8 Å². The Bertz CT molecular complexity index is 764. The molecule has 0 N–H and O–H groups in total. The molecular formula is C15H17ClN2O3S2. The van der Waals surface area contributed by atoms with Crippen molar-refractivity contribution >= 4 is 44.3 Å². The van der Waals surface area contributed by atoms with Crippen LogP contribution in [-0.4, -0.2) is 47.2 Å². The third kappa shape index (κ3) is 3.56. The van der Waals surface area contributed by atoms with Crippen LogP contribution in [0.15, 0.2) is 29.3 Å². The number of amidine groups is 1. The Morgan fingerprint density at radius 3 is 2.83 bits per heavy atom. The minimum absolute atomic E-state index is 0.0640. The summed E-state index contributed by atoms with van der Waals surface area (Å²) in [7, 11) is -3.03. The van der Waals surface area contributed by atoms with E-state index in [0.717, 1.165) is 5.56 Å². The highest BCUT2D eigenvalue weighted by Gasteiger charge is 2.48. The molecule has 0 bridgehead atoms. The molecule has 5 nitrogen and oxygen atoms in total. The second kappa shape index (κ2) is 6.45. The molecule has 2 saturated heterocycles. The Labute approximate surface area is 145 Å². The zero-order valence-corrected chi connectivity index (χ0v) is 15.0. The van der Waals surface area contributed by atoms with Gasteiger partial charge in [-0.1, -0.05) is 48.5 Å². The van der Waals surface area contributed by atoms with Gasteiger partial charge in [0.25, 0.3) is 0 Å². The summed E-state index contributed by atoms with van der Waals surface area (Å²) in [4.78, 5) is 17.8. The first-order valence-corrected chi connectivity index (χ1v) is 10.5. The number of hydrogen-bond donors (Lipinski definition) is 0. The van der Waals surface area contributed by atoms with Gasteiger partial charge in [-0.15, -0.1) is 0 Å². The van der Waals surface area contributed by atoms with Crippen LogP contribution in [-0.2, 0) is 21.2 Å². The van der Waals surface area contributed by atoms with Gasteiger partial charge >= 0.3 is 0 Å². The first kappa shape index (κ1) is 16.8. The van der Waals surface area contributed by atoms with Gasteiger partial charge in [0.15, 0.2) is 15.0 Å². The molecule has 0 spiro atoms. The second-order valence-electron chi connectivity index (χ2n) is 5.66. The second-order valence-corrected chi connectivity index (χ2v) is 9.43. The maximum absolute atomic E-state index is 11.9. The van der Waals surface area contributed by atoms with Crippen molar-refractivity contribution in [1.82, 2.24) is 4.90 Å². The molecule has 124 valence electrons. The standard InChI is InChI=1S/C15H17ClN2O3S2/c1-2-14(19)17-15-18(7-10-5-3-4-6-11(10)16)12-8-23(20,21)9-13(12)22-15/h3-6,12-13H,2,7-9H2,1H3/t12-,13-/m1/s1. The number of aliphatic imine (C=N–C) groups is 1. The summed E-state index contributed by atoms with van der Waals surface area (Å²) in [5, 5.41) is 1.18. The van der Waals surface area contributed by atoms with Crippen LogP contribution in [0.1, 0.15) is 18.9 Å². The molecule has 23 heavy (non-hydrogen) atoms. The molecule has 2 aliphatic heterocycles. The van der Waals surface area contributed by atoms with Crippen LogP contribution < -0.4 is 0 Å². The molecular weight excluding hydrogens is 356 g/mol. The van der Waals surface area contributed by atoms with E-state index in [2.05, 4.69) is 4.99 Å². The van der Waals surface area contributed by atoms with Gasteiger partial charge < -0.3 is 4.90 Å². The average molecular weight is 373 g/mol. The lowest BCUT2D eigenvalue weighted by Gasteiger charge is -2.24. The number of sulfone groups is 1. The third-order valence-electron chi connectivity index (χ3n) is 4.00. The Kier molecular flexibility index (Phi) is 4.71. The van der Waals surface area contributed by atoms with E-state index in [9.17, 15) is 13.2 Å². The third-order valence-corrected chi connectivity index (χ3v) is 7.61. The number of carbonyl (C=O) groups excluding carboxylic acids is 1. The summed E-state index contributed by atoms with van der Waals surface area (Å²) < 4.78 is 23.8. The lowest BCUT2D eigenvalue weighted by atomic mass is 10.1. The lowest BCUT2D eigenvalue weighted by molar-refractivity contribution is -0.117. The van der Waals surface area contributed by atoms with Crippen LogP contribution in [0.2, 0.25) is 5.02 Å². The maximum atomic E-state index is 11.9. The molecule has 2 aliphatic rings. The summed E-state index contributed by atoms with van der Waals surface area (Å²) in [6.45, 7) is 2.22. The molecule has 1 aromatic carbocycles. The summed E-state index contributed by atoms with van der Waals surface area (Å²) in [6.07, 6.45) is 0.331. The first-order valence-electron chi connectivity index (χ1n) is 7.38. The summed E-state index contributed by atoms with van der Waals surface area (Å²) in [6, 6.07) is 7.30. The van der Waals surface area contributed by atoms with E-state index in [1.54, 1.807) is 13.0 Å². The molecule has 3 rings (SSSR count). The Morgan fingerprint density at radius 2 is 2.13 bits per heavy atom. The largest absolute Gasteiger partial charge is 0.342 e. The number of carbonyl (C=O) groups is 1. The van der Waals surface area contributed by atoms with Crippen LogP contribution in [0.3, 0.4) is 0 Å². The van der Waals surface area contributed by atoms with Gasteiger partial charge in [0.1, 0.15) is 0 Å². The van der Waals surface area contributed by atoms with Crippen molar-refractivity contribution in [3.05, 3.63) is 34.9 Å². The fourth-order valence-corrected chi connectivity index (χ4v) is 6.98. The van der Waals surface area contributed by atoms with Crippen molar-refractivity contribution < 1.29 is 13.2 Å². The predicted molar refractivity (Wildman–Crippen MR) is 93.5 cm³/mol. The van der Waals surface area contributed by atoms with E-state index in [0.29, 0.717) is 23.2 Å². The van der Waals surface area contributed by atoms with Gasteiger partial charge in [-0.2, -0.15) is 4.99 Å². The minimum atomic E-state index is -3.03. The van der Waals surface area contributed by atoms with Crippen LogP contribution in [0.25, 0.3) is 0 Å². The molecule has 2 fully saturated rings. The minimum Gasteiger partial charge on any atom is -0.342 e. The highest BCUT2D eigenvalue weighted by molar-refractivity contribution is 8.15. The Hall–Kier alpha value is -1.05. The van der Waals surface area contributed by atoms with Crippen LogP contribution >= 0.6 is 23.4 Å². The van der Waals surface area contributed by atoms with Gasteiger partial charge in [-0.3, -0.25) is 4.79 Å². The van der Waals surface area contributed by atoms with Gasteiger partial charge in [-0.05, 0) is 11.6 Å². The highest BCUT2D eigenvalue weighted by atomic mass is 35.5. The van der Waals surface area contributed by atoms with Crippen LogP contribution in [0, 0.1) is 0 Å². The van der Waals surface area contributed by atoms with Gasteiger partial charge in [0.05, 0.1) is 17.5 Å². The van der Waals surface area contributed by atoms with Gasteiger partial charge in [0, 0.05) is 23.2 Å². The number of benzene rings is 1. The van der Waals surface area contributed by atoms with Crippen molar-refractivity contribution in [3.8, 4) is 0 Å². The van der Waals surface area contributed by atoms with Crippen molar-refractivity contribution in [2.24, 2.45) is 4.99 Å². The molecule has 2 heterocycles. The molecule has 0 saturated carbocycles. The molecule has 0 aromatic heterocycles. The van der Waals surface area contributed by atoms with E-state index >= 15 is 0 Å². The number of halogens is 1. The van der Waals surface area contributed by atoms with E-state index in [-0.39, 0.29) is 28.7 Å². The SMILES string of the molecule is CCC(=O)N=C1S[C@@H]2CS(=O)(=O)C[C@H]2N1Cc1ccccc1Cl. The molecule has 1 aromatic rings. The van der Waals surface area contributed by atoms with Crippen LogP contribution in [0.4, 0.5) is 0 Å². The molecule has 1 amide bonds. The van der Waals surface area contributed by atoms with Crippen molar-refractivity contribution in [2.75, 3.05) is 11.5 Å². The van der Waals surface area contributed by atoms with E-state index < -0.39 is 9.84 Å². The smallest absolute Gasteiger partial charge is 0.247 e. The predicted octanol–water partition coefficient (Wildman–Crippen LogP) is 2.35. The van der Waals surface area contributed by atoms with Crippen molar-refractivity contribution in [3.63, 3.8) is 0 Å². The Morgan fingerprint density at radius 1 is 1.39 bits per heavy atom. The van der Waals surface area contributed by atoms with Gasteiger partial charge in [-0.25, -0.2) is 8.42 Å².